The van der Waals surface area contributed by atoms with Crippen LogP contribution < -0.4 is 5.32 Å². The Kier molecular flexibility index (Phi) is 8.50. The molecule has 0 radical (unpaired) electrons. The molecular weight excluding hydrogens is 408 g/mol. The van der Waals surface area contributed by atoms with Gasteiger partial charge < -0.3 is 9.47 Å². The van der Waals surface area contributed by atoms with Gasteiger partial charge in [0.05, 0.1) is 0 Å². The number of anilines is 1. The van der Waals surface area contributed by atoms with E-state index in [-0.39, 0.29) is 7.11 Å². The van der Waals surface area contributed by atoms with Crippen LogP contribution in [0.4, 0.5) is 54.4 Å². The first-order valence-corrected chi connectivity index (χ1v) is 6.46. The molecular formula is C13H11F10NO3. The molecule has 0 saturated heterocycles. The maximum Gasteiger partial charge on any atom is 0.457 e. The number of amides is 1. The quantitative estimate of drug-likeness (QED) is 0.405. The minimum absolute atomic E-state index is 0.0850. The first-order valence-electron chi connectivity index (χ1n) is 6.46. The summed E-state index contributed by atoms with van der Waals surface area (Å²) in [5.41, 5.74) is 0.468. The summed E-state index contributed by atoms with van der Waals surface area (Å²) >= 11 is 0. The SMILES string of the molecule is COC(F)(C(F)(F)F)C(F)(F)OCC(F)(F)F.O=C(F)Nc1ccccc1. The van der Waals surface area contributed by atoms with Gasteiger partial charge in [-0.15, -0.1) is 4.39 Å². The summed E-state index contributed by atoms with van der Waals surface area (Å²) in [6, 6.07) is 8.43. The average Bonchev–Trinajstić information content (AvgIpc) is 2.51. The van der Waals surface area contributed by atoms with Crippen LogP contribution in [0.1, 0.15) is 0 Å². The Balaban J connectivity index is 0.000000569. The van der Waals surface area contributed by atoms with Crippen LogP contribution in [0.2, 0.25) is 0 Å². The van der Waals surface area contributed by atoms with Crippen LogP contribution in [0.15, 0.2) is 30.3 Å². The Morgan fingerprint density at radius 3 is 1.78 bits per heavy atom. The molecule has 0 saturated carbocycles. The van der Waals surface area contributed by atoms with Crippen molar-refractivity contribution in [1.82, 2.24) is 0 Å². The van der Waals surface area contributed by atoms with E-state index in [1.807, 2.05) is 5.32 Å². The second-order valence-electron chi connectivity index (χ2n) is 4.48. The summed E-state index contributed by atoms with van der Waals surface area (Å²) in [6.07, 6.45) is -19.0. The van der Waals surface area contributed by atoms with E-state index in [0.29, 0.717) is 5.69 Å². The number of methoxy groups -OCH3 is 1. The molecule has 1 amide bonds. The molecule has 0 aliphatic rings. The number of carbonyl (C=O) groups excluding carboxylic acids is 1. The fourth-order valence-corrected chi connectivity index (χ4v) is 1.30. The van der Waals surface area contributed by atoms with Crippen LogP contribution in [0.25, 0.3) is 0 Å². The molecule has 0 aliphatic heterocycles. The molecule has 1 aromatic carbocycles. The molecule has 0 aromatic heterocycles. The van der Waals surface area contributed by atoms with E-state index in [0.717, 1.165) is 0 Å². The largest absolute Gasteiger partial charge is 0.457 e. The Labute approximate surface area is 145 Å². The smallest absolute Gasteiger partial charge is 0.335 e. The van der Waals surface area contributed by atoms with Crippen LogP contribution in [0.3, 0.4) is 0 Å². The number of para-hydroxylation sites is 1. The number of halogens is 10. The summed E-state index contributed by atoms with van der Waals surface area (Å²) in [5.74, 6) is -5.66. The molecule has 4 nitrogen and oxygen atoms in total. The molecule has 1 N–H and O–H groups in total. The summed E-state index contributed by atoms with van der Waals surface area (Å²) < 4.78 is 125. The van der Waals surface area contributed by atoms with E-state index in [4.69, 9.17) is 0 Å². The maximum atomic E-state index is 12.8. The predicted octanol–water partition coefficient (Wildman–Crippen LogP) is 5.22. The molecule has 156 valence electrons. The third-order valence-electron chi connectivity index (χ3n) is 2.45. The molecule has 1 aromatic rings. The lowest BCUT2D eigenvalue weighted by Crippen LogP contribution is -2.58. The van der Waals surface area contributed by atoms with Crippen molar-refractivity contribution < 1.29 is 58.2 Å². The molecule has 27 heavy (non-hydrogen) atoms. The van der Waals surface area contributed by atoms with Crippen molar-refractivity contribution in [3.63, 3.8) is 0 Å². The number of ether oxygens (including phenoxy) is 2. The van der Waals surface area contributed by atoms with Gasteiger partial charge in [-0.1, -0.05) is 18.2 Å². The van der Waals surface area contributed by atoms with E-state index in [2.05, 4.69) is 9.47 Å². The van der Waals surface area contributed by atoms with E-state index in [1.54, 1.807) is 30.3 Å². The minimum Gasteiger partial charge on any atom is -0.335 e. The molecule has 1 rings (SSSR count). The van der Waals surface area contributed by atoms with Crippen molar-refractivity contribution in [3.05, 3.63) is 30.3 Å². The summed E-state index contributed by atoms with van der Waals surface area (Å²) in [4.78, 5) is 9.84. The highest BCUT2D eigenvalue weighted by atomic mass is 19.4. The number of benzene rings is 1. The summed E-state index contributed by atoms with van der Waals surface area (Å²) in [6.45, 7) is -2.76. The Morgan fingerprint density at radius 1 is 0.963 bits per heavy atom. The second kappa shape index (κ2) is 9.21. The monoisotopic (exact) mass is 419 g/mol. The average molecular weight is 419 g/mol. The van der Waals surface area contributed by atoms with Crippen LogP contribution in [0.5, 0.6) is 0 Å². The van der Waals surface area contributed by atoms with Gasteiger partial charge in [0.2, 0.25) is 0 Å². The van der Waals surface area contributed by atoms with Gasteiger partial charge in [-0.2, -0.15) is 39.5 Å². The van der Waals surface area contributed by atoms with Gasteiger partial charge in [-0.3, -0.25) is 5.32 Å². The van der Waals surface area contributed by atoms with Gasteiger partial charge in [0.1, 0.15) is 6.61 Å². The Morgan fingerprint density at radius 2 is 1.44 bits per heavy atom. The highest BCUT2D eigenvalue weighted by molar-refractivity contribution is 5.83. The molecule has 0 heterocycles. The van der Waals surface area contributed by atoms with E-state index in [9.17, 15) is 48.7 Å². The second-order valence-corrected chi connectivity index (χ2v) is 4.48. The number of hydrogen-bond donors (Lipinski definition) is 1. The first kappa shape index (κ1) is 24.9. The van der Waals surface area contributed by atoms with Crippen LogP contribution in [0, 0.1) is 0 Å². The molecule has 1 atom stereocenters. The van der Waals surface area contributed by atoms with E-state index in [1.165, 1.54) is 0 Å². The normalized spacial score (nSPS) is 14.6. The van der Waals surface area contributed by atoms with E-state index >= 15 is 0 Å². The number of rotatable bonds is 5. The third-order valence-corrected chi connectivity index (χ3v) is 2.45. The number of carbonyl (C=O) groups is 1. The molecule has 1 unspecified atom stereocenters. The van der Waals surface area contributed by atoms with Gasteiger partial charge >= 0.3 is 30.5 Å². The van der Waals surface area contributed by atoms with Gasteiger partial charge in [0.15, 0.2) is 0 Å². The first-order chi connectivity index (χ1) is 12.1. The molecule has 14 heteroatoms. The van der Waals surface area contributed by atoms with Crippen molar-refractivity contribution >= 4 is 11.8 Å². The van der Waals surface area contributed by atoms with Crippen molar-refractivity contribution in [1.29, 1.82) is 0 Å². The van der Waals surface area contributed by atoms with Crippen molar-refractivity contribution in [3.8, 4) is 0 Å². The standard InChI is InChI=1S/C7H6FNO.C6H5F9O2/c8-7(10)9-6-4-2-1-3-5-6;1-16-4(10,5(11,12)13)6(14,15)17-2-3(7,8)9/h1-5H,(H,9,10);2H2,1H3. The fraction of sp³-hybridized carbons (Fsp3) is 0.462. The number of alkyl halides is 9. The lowest BCUT2D eigenvalue weighted by atomic mass is 10.2. The van der Waals surface area contributed by atoms with Gasteiger partial charge in [0.25, 0.3) is 0 Å². The maximum absolute atomic E-state index is 12.8. The predicted molar refractivity (Wildman–Crippen MR) is 70.4 cm³/mol. The fourth-order valence-electron chi connectivity index (χ4n) is 1.30. The third kappa shape index (κ3) is 7.99. The minimum atomic E-state index is -6.27. The van der Waals surface area contributed by atoms with Crippen molar-refractivity contribution in [2.24, 2.45) is 0 Å². The Bertz CT molecular complexity index is 590. The summed E-state index contributed by atoms with van der Waals surface area (Å²) in [5, 5.41) is 2.00. The number of hydrogen-bond acceptors (Lipinski definition) is 3. The van der Waals surface area contributed by atoms with Gasteiger partial charge in [0, 0.05) is 12.8 Å². The van der Waals surface area contributed by atoms with Crippen molar-refractivity contribution in [2.45, 2.75) is 24.3 Å². The zero-order chi connectivity index (χ0) is 21.5. The van der Waals surface area contributed by atoms with Crippen molar-refractivity contribution in [2.75, 3.05) is 19.0 Å². The van der Waals surface area contributed by atoms with Crippen LogP contribution in [-0.2, 0) is 9.47 Å². The summed E-state index contributed by atoms with van der Waals surface area (Å²) in [7, 11) is -0.0850. The van der Waals surface area contributed by atoms with E-state index < -0.39 is 37.1 Å². The lowest BCUT2D eigenvalue weighted by molar-refractivity contribution is -0.460. The van der Waals surface area contributed by atoms with Crippen LogP contribution >= 0.6 is 0 Å². The lowest BCUT2D eigenvalue weighted by Gasteiger charge is -2.32. The zero-order valence-electron chi connectivity index (χ0n) is 13.1. The topological polar surface area (TPSA) is 47.6 Å². The zero-order valence-corrected chi connectivity index (χ0v) is 13.1. The molecule has 0 bridgehead atoms. The highest BCUT2D eigenvalue weighted by Gasteiger charge is 2.74. The molecule has 0 fully saturated rings. The Hall–Kier alpha value is -2.09. The molecule has 0 aliphatic carbocycles. The highest BCUT2D eigenvalue weighted by Crippen LogP contribution is 2.46. The number of nitrogens with one attached hydrogen (secondary N) is 1. The van der Waals surface area contributed by atoms with Gasteiger partial charge in [-0.05, 0) is 12.1 Å². The molecule has 0 spiro atoms. The van der Waals surface area contributed by atoms with Gasteiger partial charge in [-0.25, -0.2) is 4.79 Å². The van der Waals surface area contributed by atoms with Crippen LogP contribution in [-0.4, -0.2) is 44.2 Å².